The molecule has 1 N–H and O–H groups in total. The van der Waals surface area contributed by atoms with Gasteiger partial charge in [-0.2, -0.15) is 0 Å². The Hall–Kier alpha value is -1.57. The van der Waals surface area contributed by atoms with Crippen molar-refractivity contribution in [3.8, 4) is 0 Å². The van der Waals surface area contributed by atoms with Gasteiger partial charge in [0.1, 0.15) is 0 Å². The van der Waals surface area contributed by atoms with Gasteiger partial charge in [0.15, 0.2) is 5.78 Å². The number of ketones is 1. The summed E-state index contributed by atoms with van der Waals surface area (Å²) in [7, 11) is 0. The Labute approximate surface area is 76.6 Å². The molecule has 0 aliphatic rings. The van der Waals surface area contributed by atoms with Crippen molar-refractivity contribution in [2.75, 3.05) is 0 Å². The Morgan fingerprint density at radius 2 is 2.15 bits per heavy atom. The van der Waals surface area contributed by atoms with E-state index < -0.39 is 0 Å². The van der Waals surface area contributed by atoms with E-state index in [-0.39, 0.29) is 5.78 Å². The molecule has 2 heteroatoms. The Morgan fingerprint density at radius 1 is 1.38 bits per heavy atom. The third kappa shape index (κ3) is 1.24. The summed E-state index contributed by atoms with van der Waals surface area (Å²) in [5, 5.41) is 1.02. The number of hydrogen-bond acceptors (Lipinski definition) is 1. The zero-order valence-corrected chi connectivity index (χ0v) is 7.72. The fraction of sp³-hybridized carbons (Fsp3) is 0.182. The molecule has 13 heavy (non-hydrogen) atoms. The molecule has 1 heterocycles. The highest BCUT2D eigenvalue weighted by molar-refractivity contribution is 6.06. The van der Waals surface area contributed by atoms with Gasteiger partial charge in [-0.15, -0.1) is 0 Å². The Balaban J connectivity index is 2.82. The van der Waals surface area contributed by atoms with Crippen LogP contribution in [-0.2, 0) is 0 Å². The van der Waals surface area contributed by atoms with Gasteiger partial charge in [-0.3, -0.25) is 4.79 Å². The first-order valence-electron chi connectivity index (χ1n) is 4.28. The number of carbonyl (C=O) groups excluding carboxylic acids is 1. The number of aryl methyl sites for hydroxylation is 1. The van der Waals surface area contributed by atoms with Crippen LogP contribution in [0.1, 0.15) is 23.0 Å². The van der Waals surface area contributed by atoms with E-state index in [0.717, 1.165) is 22.2 Å². The van der Waals surface area contributed by atoms with E-state index in [1.54, 1.807) is 6.92 Å². The van der Waals surface area contributed by atoms with Crippen molar-refractivity contribution in [3.63, 3.8) is 0 Å². The van der Waals surface area contributed by atoms with Crippen LogP contribution in [0, 0.1) is 6.92 Å². The van der Waals surface area contributed by atoms with Crippen molar-refractivity contribution in [2.24, 2.45) is 0 Å². The second kappa shape index (κ2) is 2.73. The molecule has 0 atom stereocenters. The summed E-state index contributed by atoms with van der Waals surface area (Å²) in [6.45, 7) is 3.58. The van der Waals surface area contributed by atoms with Gasteiger partial charge < -0.3 is 4.98 Å². The Kier molecular flexibility index (Phi) is 1.69. The van der Waals surface area contributed by atoms with E-state index >= 15 is 0 Å². The van der Waals surface area contributed by atoms with Crippen LogP contribution in [0.5, 0.6) is 0 Å². The molecule has 0 spiro atoms. The lowest BCUT2D eigenvalue weighted by molar-refractivity contribution is 0.101. The van der Waals surface area contributed by atoms with Crippen LogP contribution in [0.3, 0.4) is 0 Å². The summed E-state index contributed by atoms with van der Waals surface area (Å²) in [6.07, 6.45) is 0. The first-order valence-corrected chi connectivity index (χ1v) is 4.28. The smallest absolute Gasteiger partial charge is 0.160 e. The molecule has 0 fully saturated rings. The van der Waals surface area contributed by atoms with Crippen LogP contribution in [0.25, 0.3) is 10.9 Å². The molecule has 0 saturated heterocycles. The molecule has 0 radical (unpaired) electrons. The molecular weight excluding hydrogens is 162 g/mol. The maximum Gasteiger partial charge on any atom is 0.160 e. The first-order chi connectivity index (χ1) is 6.18. The fourth-order valence-corrected chi connectivity index (χ4v) is 1.60. The van der Waals surface area contributed by atoms with Crippen molar-refractivity contribution in [3.05, 3.63) is 35.5 Å². The van der Waals surface area contributed by atoms with E-state index in [4.69, 9.17) is 0 Å². The number of carbonyl (C=O) groups is 1. The van der Waals surface area contributed by atoms with Gasteiger partial charge >= 0.3 is 0 Å². The maximum absolute atomic E-state index is 11.3. The van der Waals surface area contributed by atoms with Crippen LogP contribution in [0.15, 0.2) is 24.3 Å². The zero-order valence-electron chi connectivity index (χ0n) is 7.72. The third-order valence-corrected chi connectivity index (χ3v) is 2.18. The van der Waals surface area contributed by atoms with Gasteiger partial charge in [-0.05, 0) is 26.0 Å². The molecule has 0 aliphatic carbocycles. The number of nitrogens with one attached hydrogen (secondary N) is 1. The van der Waals surface area contributed by atoms with Gasteiger partial charge in [0, 0.05) is 22.2 Å². The lowest BCUT2D eigenvalue weighted by atomic mass is 10.1. The summed E-state index contributed by atoms with van der Waals surface area (Å²) >= 11 is 0. The molecule has 2 aromatic rings. The number of hydrogen-bond donors (Lipinski definition) is 1. The second-order valence-electron chi connectivity index (χ2n) is 3.28. The van der Waals surface area contributed by atoms with Gasteiger partial charge in [0.2, 0.25) is 0 Å². The number of aromatic nitrogens is 1. The second-order valence-corrected chi connectivity index (χ2v) is 3.28. The first kappa shape index (κ1) is 8.05. The van der Waals surface area contributed by atoms with Crippen molar-refractivity contribution in [2.45, 2.75) is 13.8 Å². The Bertz CT molecular complexity index is 468. The third-order valence-electron chi connectivity index (χ3n) is 2.18. The maximum atomic E-state index is 11.3. The summed E-state index contributed by atoms with van der Waals surface area (Å²) in [5.41, 5.74) is 2.91. The van der Waals surface area contributed by atoms with Gasteiger partial charge in [-0.1, -0.05) is 12.1 Å². The van der Waals surface area contributed by atoms with Crippen LogP contribution in [0.4, 0.5) is 0 Å². The quantitative estimate of drug-likeness (QED) is 0.661. The molecule has 1 aromatic carbocycles. The molecule has 2 nitrogen and oxygen atoms in total. The van der Waals surface area contributed by atoms with E-state index in [0.29, 0.717) is 0 Å². The molecule has 2 rings (SSSR count). The molecule has 0 aliphatic heterocycles. The lowest BCUT2D eigenvalue weighted by Crippen LogP contribution is -1.91. The van der Waals surface area contributed by atoms with Crippen molar-refractivity contribution >= 4 is 16.7 Å². The van der Waals surface area contributed by atoms with E-state index in [1.165, 1.54) is 0 Å². The van der Waals surface area contributed by atoms with Crippen molar-refractivity contribution in [1.29, 1.82) is 0 Å². The highest BCUT2D eigenvalue weighted by atomic mass is 16.1. The average Bonchev–Trinajstić information content (AvgIpc) is 2.43. The number of rotatable bonds is 1. The predicted molar refractivity (Wildman–Crippen MR) is 53.0 cm³/mol. The minimum Gasteiger partial charge on any atom is -0.359 e. The molecule has 0 bridgehead atoms. The van der Waals surface area contributed by atoms with Crippen molar-refractivity contribution < 1.29 is 4.79 Å². The standard InChI is InChI=1S/C11H11NO/c1-7-6-10-9(8(2)13)4-3-5-11(10)12-7/h3-6,12H,1-2H3. The summed E-state index contributed by atoms with van der Waals surface area (Å²) < 4.78 is 0. The van der Waals surface area contributed by atoms with E-state index in [1.807, 2.05) is 31.2 Å². The molecule has 0 saturated carbocycles. The summed E-state index contributed by atoms with van der Waals surface area (Å²) in [5.74, 6) is 0.115. The number of H-pyrrole nitrogens is 1. The van der Waals surface area contributed by atoms with Crippen molar-refractivity contribution in [1.82, 2.24) is 4.98 Å². The van der Waals surface area contributed by atoms with Crippen LogP contribution >= 0.6 is 0 Å². The zero-order chi connectivity index (χ0) is 9.42. The minimum absolute atomic E-state index is 0.115. The lowest BCUT2D eigenvalue weighted by Gasteiger charge is -1.96. The normalized spacial score (nSPS) is 10.6. The fourth-order valence-electron chi connectivity index (χ4n) is 1.60. The van der Waals surface area contributed by atoms with E-state index in [9.17, 15) is 4.79 Å². The largest absolute Gasteiger partial charge is 0.359 e. The SMILES string of the molecule is CC(=O)c1cccc2[nH]c(C)cc12. The van der Waals surface area contributed by atoms with Gasteiger partial charge in [0.25, 0.3) is 0 Å². The number of fused-ring (bicyclic) bond motifs is 1. The van der Waals surface area contributed by atoms with E-state index in [2.05, 4.69) is 4.98 Å². The number of benzene rings is 1. The number of Topliss-reactive ketones (excluding diaryl/α,β-unsaturated/α-hetero) is 1. The van der Waals surface area contributed by atoms with Crippen LogP contribution in [-0.4, -0.2) is 10.8 Å². The van der Waals surface area contributed by atoms with Crippen LogP contribution < -0.4 is 0 Å². The highest BCUT2D eigenvalue weighted by Gasteiger charge is 2.06. The summed E-state index contributed by atoms with van der Waals surface area (Å²) in [6, 6.07) is 7.74. The average molecular weight is 173 g/mol. The van der Waals surface area contributed by atoms with Gasteiger partial charge in [0.05, 0.1) is 0 Å². The topological polar surface area (TPSA) is 32.9 Å². The molecule has 0 amide bonds. The molecule has 1 aromatic heterocycles. The molecule has 0 unspecified atom stereocenters. The summed E-state index contributed by atoms with van der Waals surface area (Å²) in [4.78, 5) is 14.5. The number of aromatic amines is 1. The Morgan fingerprint density at radius 3 is 2.85 bits per heavy atom. The monoisotopic (exact) mass is 173 g/mol. The molecular formula is C11H11NO. The predicted octanol–water partition coefficient (Wildman–Crippen LogP) is 2.68. The minimum atomic E-state index is 0.115. The highest BCUT2D eigenvalue weighted by Crippen LogP contribution is 2.19. The molecule has 66 valence electrons. The van der Waals surface area contributed by atoms with Crippen LogP contribution in [0.2, 0.25) is 0 Å². The van der Waals surface area contributed by atoms with Gasteiger partial charge in [-0.25, -0.2) is 0 Å².